The molecular weight excluding hydrogens is 332 g/mol. The molecule has 0 amide bonds. The molecule has 0 unspecified atom stereocenters. The first-order valence-electron chi connectivity index (χ1n) is 8.16. The summed E-state index contributed by atoms with van der Waals surface area (Å²) in [7, 11) is 0. The summed E-state index contributed by atoms with van der Waals surface area (Å²) < 4.78 is 0. The minimum Gasteiger partial charge on any atom is -0.481 e. The van der Waals surface area contributed by atoms with Crippen LogP contribution >= 0.6 is 0 Å². The van der Waals surface area contributed by atoms with Gasteiger partial charge in [-0.1, -0.05) is 38.7 Å². The molecule has 0 aromatic rings. The number of rotatable bonds is 11. The quantitative estimate of drug-likeness (QED) is 0.322. The first-order chi connectivity index (χ1) is 11.6. The number of unbranched alkanes of at least 4 members (excludes halogenated alkanes) is 6. The van der Waals surface area contributed by atoms with Crippen molar-refractivity contribution in [3.63, 3.8) is 0 Å². The highest BCUT2D eigenvalue weighted by molar-refractivity contribution is 5.79. The lowest BCUT2D eigenvalue weighted by Crippen LogP contribution is -1.93. The molecule has 0 aliphatic heterocycles. The van der Waals surface area contributed by atoms with Crippen LogP contribution in [0.15, 0.2) is 12.2 Å². The van der Waals surface area contributed by atoms with Crippen LogP contribution in [0.25, 0.3) is 0 Å². The monoisotopic (exact) mass is 362 g/mol. The molecule has 0 fully saturated rings. The average molecular weight is 362 g/mol. The fourth-order valence-electron chi connectivity index (χ4n) is 1.43. The smallest absolute Gasteiger partial charge is 0.327 e. The minimum absolute atomic E-state index is 0.222. The molecule has 0 bridgehead atoms. The zero-order valence-corrected chi connectivity index (χ0v) is 14.9. The van der Waals surface area contributed by atoms with Crippen LogP contribution in [-0.4, -0.2) is 44.3 Å². The molecule has 4 N–H and O–H groups in total. The summed E-state index contributed by atoms with van der Waals surface area (Å²) in [6, 6.07) is 0. The lowest BCUT2D eigenvalue weighted by atomic mass is 10.1. The molecule has 0 heterocycles. The molecule has 0 aromatic heterocycles. The Morgan fingerprint density at radius 3 is 1.52 bits per heavy atom. The summed E-state index contributed by atoms with van der Waals surface area (Å²) in [5.41, 5.74) is 0. The van der Waals surface area contributed by atoms with E-state index in [0.29, 0.717) is 0 Å². The minimum atomic E-state index is -0.895. The van der Waals surface area contributed by atoms with Gasteiger partial charge in [-0.05, 0) is 19.3 Å². The molecule has 25 heavy (non-hydrogen) atoms. The van der Waals surface area contributed by atoms with E-state index in [-0.39, 0.29) is 12.8 Å². The van der Waals surface area contributed by atoms with Crippen molar-refractivity contribution in [2.24, 2.45) is 0 Å². The fraction of sp³-hybridized carbons (Fsp3) is 0.647. The van der Waals surface area contributed by atoms with E-state index in [0.717, 1.165) is 51.9 Å². The predicted octanol–water partition coefficient (Wildman–Crippen LogP) is 3.40. The van der Waals surface area contributed by atoms with Gasteiger partial charge in [-0.2, -0.15) is 0 Å². The topological polar surface area (TPSA) is 149 Å². The summed E-state index contributed by atoms with van der Waals surface area (Å²) in [6.45, 7) is 2.68. The number of carbonyl (C=O) groups is 4. The summed E-state index contributed by atoms with van der Waals surface area (Å²) in [4.78, 5) is 38.7. The summed E-state index contributed by atoms with van der Waals surface area (Å²) in [5.74, 6) is -3.20. The Bertz CT molecular complexity index is 397. The van der Waals surface area contributed by atoms with Crippen LogP contribution in [0.4, 0.5) is 0 Å². The maximum absolute atomic E-state index is 10.2. The van der Waals surface area contributed by atoms with Gasteiger partial charge >= 0.3 is 17.9 Å². The highest BCUT2D eigenvalue weighted by Crippen LogP contribution is 2.08. The third-order valence-corrected chi connectivity index (χ3v) is 2.57. The predicted molar refractivity (Wildman–Crippen MR) is 92.6 cm³/mol. The second-order valence-corrected chi connectivity index (χ2v) is 5.06. The van der Waals surface area contributed by atoms with Crippen LogP contribution in [0, 0.1) is 0 Å². The number of hydrogen-bond acceptors (Lipinski definition) is 4. The maximum Gasteiger partial charge on any atom is 0.327 e. The van der Waals surface area contributed by atoms with E-state index < -0.39 is 23.9 Å². The second kappa shape index (κ2) is 21.6. The highest BCUT2D eigenvalue weighted by Gasteiger charge is 1.96. The molecule has 146 valence electrons. The number of aliphatic carboxylic acids is 4. The number of carboxylic acids is 4. The van der Waals surface area contributed by atoms with E-state index in [4.69, 9.17) is 25.2 Å². The van der Waals surface area contributed by atoms with Crippen molar-refractivity contribution in [3.8, 4) is 0 Å². The van der Waals surface area contributed by atoms with Crippen LogP contribution in [0.3, 0.4) is 0 Å². The number of carboxylic acid groups (broad SMARTS) is 4. The Hall–Kier alpha value is -2.38. The van der Waals surface area contributed by atoms with Crippen molar-refractivity contribution in [1.29, 1.82) is 0 Å². The third-order valence-electron chi connectivity index (χ3n) is 2.57. The van der Waals surface area contributed by atoms with E-state index in [1.165, 1.54) is 6.08 Å². The summed E-state index contributed by atoms with van der Waals surface area (Å²) in [5, 5.41) is 31.9. The third kappa shape index (κ3) is 52.3. The lowest BCUT2D eigenvalue weighted by molar-refractivity contribution is -0.137. The van der Waals surface area contributed by atoms with Gasteiger partial charge in [0.05, 0.1) is 0 Å². The molecule has 8 nitrogen and oxygen atoms in total. The molecule has 0 aliphatic carbocycles. The molecular formula is C17H30O8. The molecule has 0 aromatic carbocycles. The van der Waals surface area contributed by atoms with Gasteiger partial charge in [0.2, 0.25) is 0 Å². The van der Waals surface area contributed by atoms with Crippen molar-refractivity contribution >= 4 is 23.9 Å². The average Bonchev–Trinajstić information content (AvgIpc) is 2.48. The maximum atomic E-state index is 10.2. The molecule has 0 saturated heterocycles. The van der Waals surface area contributed by atoms with Gasteiger partial charge in [0.25, 0.3) is 5.97 Å². The van der Waals surface area contributed by atoms with Crippen molar-refractivity contribution in [3.05, 3.63) is 12.2 Å². The van der Waals surface area contributed by atoms with E-state index in [2.05, 4.69) is 0 Å². The molecule has 0 saturated carbocycles. The van der Waals surface area contributed by atoms with Gasteiger partial charge in [-0.25, -0.2) is 4.79 Å². The highest BCUT2D eigenvalue weighted by atomic mass is 16.4. The zero-order chi connectivity index (χ0) is 20.1. The van der Waals surface area contributed by atoms with Crippen LogP contribution in [-0.2, 0) is 19.2 Å². The van der Waals surface area contributed by atoms with Crippen LogP contribution in [0.1, 0.15) is 71.6 Å². The van der Waals surface area contributed by atoms with Crippen molar-refractivity contribution in [2.75, 3.05) is 0 Å². The Morgan fingerprint density at radius 1 is 0.760 bits per heavy atom. The molecule has 0 aliphatic rings. The number of hydrogen-bond donors (Lipinski definition) is 4. The Balaban J connectivity index is -0.000000442. The lowest BCUT2D eigenvalue weighted by Gasteiger charge is -1.98. The molecule has 8 heteroatoms. The van der Waals surface area contributed by atoms with Crippen molar-refractivity contribution in [2.45, 2.75) is 71.6 Å². The molecule has 0 atom stereocenters. The Morgan fingerprint density at radius 2 is 1.16 bits per heavy atom. The van der Waals surface area contributed by atoms with Gasteiger partial charge in [0.15, 0.2) is 0 Å². The first-order valence-corrected chi connectivity index (χ1v) is 8.16. The Labute approximate surface area is 148 Å². The van der Waals surface area contributed by atoms with Gasteiger partial charge in [0, 0.05) is 25.8 Å². The largest absolute Gasteiger partial charge is 0.481 e. The fourth-order valence-corrected chi connectivity index (χ4v) is 1.43. The first kappa shape index (κ1) is 27.5. The van der Waals surface area contributed by atoms with Gasteiger partial charge in [0.1, 0.15) is 0 Å². The van der Waals surface area contributed by atoms with Crippen LogP contribution < -0.4 is 0 Å². The standard InChI is InChI=1S/C12H20O4.C3H6O2.C2H4O2/c13-11(14)9-7-5-3-1-2-4-6-8-10-12(15)16;1-2-3(4)5;1-2(3)4/h7,9H,1-6,8,10H2,(H,13,14)(H,15,16);2H2,1H3,(H,4,5);1H3,(H,3,4)/b9-7+;;. The second-order valence-electron chi connectivity index (χ2n) is 5.06. The summed E-state index contributed by atoms with van der Waals surface area (Å²) >= 11 is 0. The normalized spacial score (nSPS) is 9.36. The van der Waals surface area contributed by atoms with Crippen LogP contribution in [0.5, 0.6) is 0 Å². The molecule has 0 radical (unpaired) electrons. The summed E-state index contributed by atoms with van der Waals surface area (Å²) in [6.07, 6.45) is 10.1. The molecule has 0 rings (SSSR count). The van der Waals surface area contributed by atoms with Crippen LogP contribution in [0.2, 0.25) is 0 Å². The van der Waals surface area contributed by atoms with Crippen molar-refractivity contribution in [1.82, 2.24) is 0 Å². The van der Waals surface area contributed by atoms with E-state index in [9.17, 15) is 14.4 Å². The van der Waals surface area contributed by atoms with E-state index in [1.54, 1.807) is 13.0 Å². The van der Waals surface area contributed by atoms with E-state index in [1.807, 2.05) is 0 Å². The van der Waals surface area contributed by atoms with E-state index >= 15 is 0 Å². The van der Waals surface area contributed by atoms with Gasteiger partial charge in [-0.15, -0.1) is 0 Å². The number of allylic oxidation sites excluding steroid dienone is 1. The SMILES string of the molecule is CC(=O)O.CCC(=O)O.O=C(O)/C=C/CCCCCCCCC(=O)O. The zero-order valence-electron chi connectivity index (χ0n) is 14.9. The van der Waals surface area contributed by atoms with Gasteiger partial charge in [-0.3, -0.25) is 14.4 Å². The van der Waals surface area contributed by atoms with Crippen molar-refractivity contribution < 1.29 is 39.6 Å². The van der Waals surface area contributed by atoms with Gasteiger partial charge < -0.3 is 20.4 Å². The Kier molecular flexibility index (Phi) is 23.8. The molecule has 0 spiro atoms.